The first kappa shape index (κ1) is 17.9. The minimum absolute atomic E-state index is 0.0175. The van der Waals surface area contributed by atoms with Crippen molar-refractivity contribution < 1.29 is 23.6 Å². The highest BCUT2D eigenvalue weighted by Crippen LogP contribution is 2.42. The number of amides is 4. The predicted octanol–water partition coefficient (Wildman–Crippen LogP) is 2.51. The Morgan fingerprint density at radius 3 is 2.46 bits per heavy atom. The zero-order valence-corrected chi connectivity index (χ0v) is 15.0. The number of para-hydroxylation sites is 1. The lowest BCUT2D eigenvalue weighted by atomic mass is 10.1. The summed E-state index contributed by atoms with van der Waals surface area (Å²) in [6.45, 7) is -0.301. The molecule has 1 fully saturated rings. The summed E-state index contributed by atoms with van der Waals surface area (Å²) >= 11 is 0.660. The number of hydrogen-bond donors (Lipinski definition) is 2. The Morgan fingerprint density at radius 1 is 1.07 bits per heavy atom. The second-order valence-corrected chi connectivity index (χ2v) is 6.99. The summed E-state index contributed by atoms with van der Waals surface area (Å²) in [7, 11) is 0. The number of carbonyl (C=O) groups excluding carboxylic acids is 4. The van der Waals surface area contributed by atoms with Crippen LogP contribution in [0.2, 0.25) is 0 Å². The third kappa shape index (κ3) is 3.16. The van der Waals surface area contributed by atoms with Gasteiger partial charge in [0.1, 0.15) is 12.4 Å². The van der Waals surface area contributed by atoms with Crippen molar-refractivity contribution in [2.24, 2.45) is 0 Å². The van der Waals surface area contributed by atoms with Gasteiger partial charge in [-0.05, 0) is 42.1 Å². The van der Waals surface area contributed by atoms with E-state index in [1.807, 2.05) is 0 Å². The van der Waals surface area contributed by atoms with Gasteiger partial charge in [-0.2, -0.15) is 0 Å². The Kier molecular flexibility index (Phi) is 4.44. The van der Waals surface area contributed by atoms with Crippen LogP contribution in [0.1, 0.15) is 5.56 Å². The van der Waals surface area contributed by atoms with Crippen LogP contribution in [0.3, 0.4) is 0 Å². The van der Waals surface area contributed by atoms with E-state index in [-0.39, 0.29) is 17.0 Å². The fraction of sp³-hybridized carbons (Fsp3) is 0.0526. The van der Waals surface area contributed by atoms with Crippen molar-refractivity contribution in [1.29, 1.82) is 0 Å². The number of carbonyl (C=O) groups is 4. The van der Waals surface area contributed by atoms with Crippen molar-refractivity contribution in [3.63, 3.8) is 0 Å². The van der Waals surface area contributed by atoms with Crippen molar-refractivity contribution in [2.75, 3.05) is 16.8 Å². The first-order chi connectivity index (χ1) is 13.4. The summed E-state index contributed by atoms with van der Waals surface area (Å²) in [5.41, 5.74) is 1.44. The van der Waals surface area contributed by atoms with Gasteiger partial charge < -0.3 is 5.32 Å². The minimum atomic E-state index is -0.634. The molecule has 0 radical (unpaired) electrons. The number of hydrogen-bond acceptors (Lipinski definition) is 5. The fourth-order valence-corrected chi connectivity index (χ4v) is 3.78. The smallest absolute Gasteiger partial charge is 0.290 e. The molecular weight excluding hydrogens is 385 g/mol. The Labute approximate surface area is 162 Å². The molecule has 9 heteroatoms. The second-order valence-electron chi connectivity index (χ2n) is 6.01. The van der Waals surface area contributed by atoms with Gasteiger partial charge in [0, 0.05) is 11.3 Å². The lowest BCUT2D eigenvalue weighted by Crippen LogP contribution is -2.35. The van der Waals surface area contributed by atoms with Crippen molar-refractivity contribution in [1.82, 2.24) is 5.32 Å². The normalized spacial score (nSPS) is 18.3. The standard InChI is InChI=1S/C19H12FN3O4S/c20-10-5-7-11(8-6-10)21-14(24)9-23-13-4-2-1-3-12(13)15(18(23)26)16-17(25)22-19(27)28-16/h1-8H,9H2,(H,21,24)(H,22,25,27)/b16-15+. The third-order valence-electron chi connectivity index (χ3n) is 4.20. The molecule has 0 unspecified atom stereocenters. The Bertz CT molecular complexity index is 1070. The van der Waals surface area contributed by atoms with Gasteiger partial charge in [-0.1, -0.05) is 18.2 Å². The average molecular weight is 397 g/mol. The maximum atomic E-state index is 13.0. The molecule has 0 aliphatic carbocycles. The molecule has 28 heavy (non-hydrogen) atoms. The topological polar surface area (TPSA) is 95.6 Å². The Balaban J connectivity index is 1.63. The number of halogens is 1. The number of thioether (sulfide) groups is 1. The fourth-order valence-electron chi connectivity index (χ4n) is 3.01. The van der Waals surface area contributed by atoms with Crippen LogP contribution in [0.15, 0.2) is 53.4 Å². The molecule has 140 valence electrons. The van der Waals surface area contributed by atoms with E-state index in [4.69, 9.17) is 0 Å². The van der Waals surface area contributed by atoms with E-state index in [1.54, 1.807) is 24.3 Å². The highest BCUT2D eigenvalue weighted by molar-refractivity contribution is 8.18. The maximum absolute atomic E-state index is 13.0. The van der Waals surface area contributed by atoms with Gasteiger partial charge in [-0.25, -0.2) is 4.39 Å². The van der Waals surface area contributed by atoms with Crippen LogP contribution in [0.4, 0.5) is 20.6 Å². The molecule has 0 atom stereocenters. The van der Waals surface area contributed by atoms with E-state index in [9.17, 15) is 23.6 Å². The summed E-state index contributed by atoms with van der Waals surface area (Å²) in [5.74, 6) is -2.09. The van der Waals surface area contributed by atoms with Gasteiger partial charge >= 0.3 is 0 Å². The number of rotatable bonds is 3. The summed E-state index contributed by atoms with van der Waals surface area (Å²) in [5, 5.41) is 4.18. The van der Waals surface area contributed by atoms with Crippen molar-refractivity contribution in [2.45, 2.75) is 0 Å². The zero-order valence-electron chi connectivity index (χ0n) is 14.2. The second kappa shape index (κ2) is 6.93. The van der Waals surface area contributed by atoms with Gasteiger partial charge in [0.15, 0.2) is 0 Å². The number of anilines is 2. The van der Waals surface area contributed by atoms with E-state index >= 15 is 0 Å². The summed E-state index contributed by atoms with van der Waals surface area (Å²) in [6, 6.07) is 12.0. The molecule has 4 amide bonds. The molecule has 0 aromatic heterocycles. The highest BCUT2D eigenvalue weighted by atomic mass is 32.2. The van der Waals surface area contributed by atoms with Crippen LogP contribution < -0.4 is 15.5 Å². The first-order valence-electron chi connectivity index (χ1n) is 8.18. The predicted molar refractivity (Wildman–Crippen MR) is 102 cm³/mol. The van der Waals surface area contributed by atoms with Crippen LogP contribution in [0.5, 0.6) is 0 Å². The largest absolute Gasteiger partial charge is 0.325 e. The highest BCUT2D eigenvalue weighted by Gasteiger charge is 2.40. The molecule has 2 aromatic rings. The van der Waals surface area contributed by atoms with Gasteiger partial charge in [0.2, 0.25) is 5.91 Å². The first-order valence-corrected chi connectivity index (χ1v) is 9.00. The molecular formula is C19H12FN3O4S. The van der Waals surface area contributed by atoms with Crippen molar-refractivity contribution in [3.8, 4) is 0 Å². The number of nitrogens with zero attached hydrogens (tertiary/aromatic N) is 1. The summed E-state index contributed by atoms with van der Waals surface area (Å²) < 4.78 is 13.0. The molecule has 2 N–H and O–H groups in total. The van der Waals surface area contributed by atoms with Crippen LogP contribution in [-0.4, -0.2) is 29.5 Å². The number of fused-ring (bicyclic) bond motifs is 1. The zero-order chi connectivity index (χ0) is 19.8. The van der Waals surface area contributed by atoms with Crippen LogP contribution in [-0.2, 0) is 14.4 Å². The van der Waals surface area contributed by atoms with E-state index in [0.717, 1.165) is 0 Å². The van der Waals surface area contributed by atoms with E-state index in [2.05, 4.69) is 10.6 Å². The Morgan fingerprint density at radius 2 is 1.79 bits per heavy atom. The molecule has 0 bridgehead atoms. The summed E-state index contributed by atoms with van der Waals surface area (Å²) in [6.07, 6.45) is 0. The monoisotopic (exact) mass is 397 g/mol. The van der Waals surface area contributed by atoms with E-state index in [1.165, 1.54) is 29.2 Å². The third-order valence-corrected chi connectivity index (χ3v) is 5.08. The number of benzene rings is 2. The van der Waals surface area contributed by atoms with Gasteiger partial charge in [-0.3, -0.25) is 29.4 Å². The quantitative estimate of drug-likeness (QED) is 0.776. The van der Waals surface area contributed by atoms with Crippen molar-refractivity contribution >= 4 is 51.7 Å². The van der Waals surface area contributed by atoms with Gasteiger partial charge in [0.05, 0.1) is 16.2 Å². The minimum Gasteiger partial charge on any atom is -0.325 e. The van der Waals surface area contributed by atoms with Gasteiger partial charge in [-0.15, -0.1) is 0 Å². The van der Waals surface area contributed by atoms with E-state index < -0.39 is 28.8 Å². The molecule has 2 aromatic carbocycles. The molecule has 2 aliphatic rings. The van der Waals surface area contributed by atoms with Crippen LogP contribution in [0, 0.1) is 5.82 Å². The lowest BCUT2D eigenvalue weighted by molar-refractivity contribution is -0.118. The van der Waals surface area contributed by atoms with Crippen LogP contribution in [0.25, 0.3) is 5.57 Å². The lowest BCUT2D eigenvalue weighted by Gasteiger charge is -2.16. The van der Waals surface area contributed by atoms with Gasteiger partial charge in [0.25, 0.3) is 17.1 Å². The molecule has 2 heterocycles. The molecule has 4 rings (SSSR count). The number of imide groups is 1. The summed E-state index contributed by atoms with van der Waals surface area (Å²) in [4.78, 5) is 50.2. The SMILES string of the molecule is O=C(CN1C(=O)/C(=C2/SC(=O)NC2=O)c2ccccc21)Nc1ccc(F)cc1. The van der Waals surface area contributed by atoms with Crippen LogP contribution >= 0.6 is 11.8 Å². The molecule has 0 saturated carbocycles. The average Bonchev–Trinajstić information content (AvgIpc) is 3.13. The maximum Gasteiger partial charge on any atom is 0.290 e. The molecule has 0 spiro atoms. The van der Waals surface area contributed by atoms with E-state index in [0.29, 0.717) is 28.7 Å². The molecule has 7 nitrogen and oxygen atoms in total. The Hall–Kier alpha value is -3.46. The van der Waals surface area contributed by atoms with Crippen molar-refractivity contribution in [3.05, 3.63) is 64.8 Å². The molecule has 2 aliphatic heterocycles. The number of nitrogens with one attached hydrogen (secondary N) is 2. The molecule has 1 saturated heterocycles.